The van der Waals surface area contributed by atoms with Crippen molar-refractivity contribution in [3.63, 3.8) is 0 Å². The van der Waals surface area contributed by atoms with Crippen LogP contribution in [0.1, 0.15) is 6.92 Å². The average Bonchev–Trinajstić information content (AvgIpc) is 1.96. The van der Waals surface area contributed by atoms with Crippen molar-refractivity contribution >= 4 is 44.7 Å². The van der Waals surface area contributed by atoms with Crippen LogP contribution in [-0.2, 0) is 0 Å². The molecule has 59 valence electrons. The molecule has 0 aliphatic carbocycles. The Morgan fingerprint density at radius 2 is 1.90 bits per heavy atom. The Balaban J connectivity index is 2.38. The predicted molar refractivity (Wildman–Crippen MR) is 59.1 cm³/mol. The van der Waals surface area contributed by atoms with E-state index in [-0.39, 0.29) is 7.42 Å². The molecule has 1 heterocycles. The normalized spacial score (nSPS) is 26.7. The minimum atomic E-state index is -0.844. The highest BCUT2D eigenvalue weighted by molar-refractivity contribution is 9.26. The fourth-order valence-electron chi connectivity index (χ4n) is 1.32. The van der Waals surface area contributed by atoms with E-state index < -0.39 is 6.69 Å². The van der Waals surface area contributed by atoms with Crippen molar-refractivity contribution in [1.29, 1.82) is 0 Å². The van der Waals surface area contributed by atoms with Crippen LogP contribution in [0.4, 0.5) is 0 Å². The number of rotatable bonds is 1. The molecule has 0 aromatic rings. The van der Waals surface area contributed by atoms with Crippen LogP contribution in [0.5, 0.6) is 0 Å². The second-order valence-corrected chi connectivity index (χ2v) is 17.5. The van der Waals surface area contributed by atoms with Crippen molar-refractivity contribution in [2.45, 2.75) is 37.1 Å². The number of hydrogen-bond acceptors (Lipinski definition) is 0. The summed E-state index contributed by atoms with van der Waals surface area (Å²) in [5, 5.41) is 0. The molecule has 0 N–H and O–H groups in total. The Kier molecular flexibility index (Phi) is 3.67. The van der Waals surface area contributed by atoms with Gasteiger partial charge in [0.1, 0.15) is 14.1 Å². The van der Waals surface area contributed by atoms with E-state index in [1.807, 2.05) is 0 Å². The molecular formula is C6H13Br2Si2. The zero-order valence-electron chi connectivity index (χ0n) is 6.29. The molecule has 1 fully saturated rings. The molecule has 1 saturated heterocycles. The maximum atomic E-state index is 3.96. The second-order valence-electron chi connectivity index (χ2n) is 3.02. The number of hydrogen-bond donors (Lipinski definition) is 0. The van der Waals surface area contributed by atoms with Crippen molar-refractivity contribution in [2.75, 3.05) is 0 Å². The van der Waals surface area contributed by atoms with E-state index in [2.05, 4.69) is 37.5 Å². The van der Waals surface area contributed by atoms with Crippen molar-refractivity contribution in [3.05, 3.63) is 0 Å². The largest absolute Gasteiger partial charge is 0.134 e. The first-order valence-electron chi connectivity index (χ1n) is 3.85. The molecule has 1 radical (unpaired) electrons. The van der Waals surface area contributed by atoms with Crippen LogP contribution in [0.3, 0.4) is 0 Å². The van der Waals surface area contributed by atoms with Gasteiger partial charge < -0.3 is 0 Å². The summed E-state index contributed by atoms with van der Waals surface area (Å²) in [7, 11) is -0.0560. The highest BCUT2D eigenvalue weighted by Gasteiger charge is 2.33. The Bertz CT molecular complexity index is 110. The van der Waals surface area contributed by atoms with E-state index in [0.717, 1.165) is 0 Å². The van der Waals surface area contributed by atoms with Gasteiger partial charge >= 0.3 is 0 Å². The first kappa shape index (κ1) is 9.48. The fraction of sp³-hybridized carbons (Fsp3) is 1.00. The molecule has 4 heteroatoms. The van der Waals surface area contributed by atoms with E-state index in [9.17, 15) is 0 Å². The van der Waals surface area contributed by atoms with Crippen LogP contribution in [0, 0.1) is 0 Å². The topological polar surface area (TPSA) is 0 Å². The Morgan fingerprint density at radius 1 is 1.40 bits per heavy atom. The molecule has 1 rings (SSSR count). The summed E-state index contributed by atoms with van der Waals surface area (Å²) in [6, 6.07) is 7.45. The zero-order chi connectivity index (χ0) is 7.61. The molecule has 0 spiro atoms. The molecular weight excluding hydrogens is 288 g/mol. The van der Waals surface area contributed by atoms with Crippen molar-refractivity contribution in [2.24, 2.45) is 0 Å². The van der Waals surface area contributed by atoms with Crippen LogP contribution >= 0.6 is 30.6 Å². The van der Waals surface area contributed by atoms with Gasteiger partial charge in [-0.05, 0) is 12.1 Å². The summed E-state index contributed by atoms with van der Waals surface area (Å²) in [4.78, 5) is 0. The van der Waals surface area contributed by atoms with Gasteiger partial charge in [0.25, 0.3) is 0 Å². The molecule has 0 atom stereocenters. The van der Waals surface area contributed by atoms with E-state index >= 15 is 0 Å². The quantitative estimate of drug-likeness (QED) is 0.511. The Labute approximate surface area is 81.6 Å². The summed E-state index contributed by atoms with van der Waals surface area (Å²) < 4.78 is 0. The van der Waals surface area contributed by atoms with Crippen molar-refractivity contribution in [1.82, 2.24) is 0 Å². The van der Waals surface area contributed by atoms with Gasteiger partial charge in [0, 0.05) is 0 Å². The second kappa shape index (κ2) is 3.87. The van der Waals surface area contributed by atoms with Gasteiger partial charge in [-0.1, -0.05) is 25.1 Å². The molecule has 0 aromatic heterocycles. The summed E-state index contributed by atoms with van der Waals surface area (Å²) in [6.07, 6.45) is 0. The molecule has 0 aromatic carbocycles. The van der Waals surface area contributed by atoms with Gasteiger partial charge in [-0.2, -0.15) is 0 Å². The fourth-order valence-corrected chi connectivity index (χ4v) is 15.4. The van der Waals surface area contributed by atoms with Crippen LogP contribution in [0.15, 0.2) is 0 Å². The highest BCUT2D eigenvalue weighted by Crippen LogP contribution is 2.38. The summed E-state index contributed by atoms with van der Waals surface area (Å²) in [5.41, 5.74) is 0. The summed E-state index contributed by atoms with van der Waals surface area (Å²) in [6.45, 7) is 1.50. The minimum Gasteiger partial charge on any atom is -0.129 e. The smallest absolute Gasteiger partial charge is 0.129 e. The first-order valence-corrected chi connectivity index (χ1v) is 12.9. The molecule has 0 unspecified atom stereocenters. The van der Waals surface area contributed by atoms with Crippen LogP contribution in [-0.4, -0.2) is 14.1 Å². The summed E-state index contributed by atoms with van der Waals surface area (Å²) in [5.74, 6) is 0. The maximum absolute atomic E-state index is 3.96. The van der Waals surface area contributed by atoms with Crippen LogP contribution < -0.4 is 0 Å². The van der Waals surface area contributed by atoms with Crippen molar-refractivity contribution in [3.8, 4) is 0 Å². The lowest BCUT2D eigenvalue weighted by molar-refractivity contribution is 1.16. The third-order valence-corrected chi connectivity index (χ3v) is 14.9. The predicted octanol–water partition coefficient (Wildman–Crippen LogP) is 3.75. The van der Waals surface area contributed by atoms with E-state index in [1.165, 1.54) is 30.2 Å². The maximum Gasteiger partial charge on any atom is 0.134 e. The molecule has 1 aliphatic rings. The van der Waals surface area contributed by atoms with Gasteiger partial charge in [0.2, 0.25) is 0 Å². The molecule has 0 nitrogen and oxygen atoms in total. The first-order chi connectivity index (χ1) is 4.66. The van der Waals surface area contributed by atoms with Gasteiger partial charge in [0.15, 0.2) is 0 Å². The lowest BCUT2D eigenvalue weighted by Crippen LogP contribution is -2.31. The van der Waals surface area contributed by atoms with Gasteiger partial charge in [-0.3, -0.25) is 0 Å². The Hall–Kier alpha value is 1.39. The zero-order valence-corrected chi connectivity index (χ0v) is 11.5. The van der Waals surface area contributed by atoms with E-state index in [1.54, 1.807) is 0 Å². The molecule has 10 heavy (non-hydrogen) atoms. The SMILES string of the molecule is CC[Si]1(Br)CC[Si](Br)CC1. The molecule has 0 amide bonds. The molecule has 0 saturated carbocycles. The highest BCUT2D eigenvalue weighted by atomic mass is 79.9. The van der Waals surface area contributed by atoms with Gasteiger partial charge in [-0.15, -0.1) is 30.6 Å². The average molecular weight is 301 g/mol. The van der Waals surface area contributed by atoms with Gasteiger partial charge in [0.05, 0.1) is 0 Å². The standard InChI is InChI=1S/C6H13Br2Si2/c1-2-10(8)5-3-9(7)4-6-10/h2-6H2,1H3. The van der Waals surface area contributed by atoms with Crippen LogP contribution in [0.25, 0.3) is 0 Å². The summed E-state index contributed by atoms with van der Waals surface area (Å²) >= 11 is 7.73. The van der Waals surface area contributed by atoms with E-state index in [4.69, 9.17) is 0 Å². The lowest BCUT2D eigenvalue weighted by atomic mass is 10.9. The van der Waals surface area contributed by atoms with Crippen LogP contribution in [0.2, 0.25) is 30.2 Å². The molecule has 0 bridgehead atoms. The minimum absolute atomic E-state index is 0.0560. The third kappa shape index (κ3) is 2.46. The van der Waals surface area contributed by atoms with Gasteiger partial charge in [-0.25, -0.2) is 0 Å². The van der Waals surface area contributed by atoms with Crippen molar-refractivity contribution < 1.29 is 0 Å². The monoisotopic (exact) mass is 299 g/mol. The lowest BCUT2D eigenvalue weighted by Gasteiger charge is -2.29. The third-order valence-electron chi connectivity index (χ3n) is 2.32. The molecule has 1 aliphatic heterocycles. The Morgan fingerprint density at radius 3 is 2.30 bits per heavy atom. The number of halogens is 2. The van der Waals surface area contributed by atoms with E-state index in [0.29, 0.717) is 0 Å².